The summed E-state index contributed by atoms with van der Waals surface area (Å²) in [6.07, 6.45) is -11.6. The third kappa shape index (κ3) is 3.57. The lowest BCUT2D eigenvalue weighted by molar-refractivity contribution is -0.246. The molecule has 0 aromatic carbocycles. The van der Waals surface area contributed by atoms with Gasteiger partial charge in [0, 0.05) is 0 Å². The SMILES string of the molecule is OCC1O[C@H](COC[C@]2(CO)O[C@H](O)C(O)[C@H]2O)C(O)[C@H](O)[C@@H]1O. The molecule has 0 spiro atoms. The molecule has 2 rings (SSSR count). The van der Waals surface area contributed by atoms with Crippen molar-refractivity contribution in [3.05, 3.63) is 0 Å². The van der Waals surface area contributed by atoms with E-state index in [2.05, 4.69) is 0 Å². The quantitative estimate of drug-likeness (QED) is 0.227. The molecular weight excluding hydrogens is 332 g/mol. The molecule has 2 heterocycles. The van der Waals surface area contributed by atoms with E-state index in [1.165, 1.54) is 0 Å². The van der Waals surface area contributed by atoms with Crippen molar-refractivity contribution in [3.63, 3.8) is 0 Å². The summed E-state index contributed by atoms with van der Waals surface area (Å²) in [5.74, 6) is 0. The highest BCUT2D eigenvalue weighted by Gasteiger charge is 2.54. The Kier molecular flexibility index (Phi) is 6.50. The van der Waals surface area contributed by atoms with E-state index < -0.39 is 74.4 Å². The van der Waals surface area contributed by atoms with Gasteiger partial charge in [0.1, 0.15) is 48.3 Å². The zero-order valence-electron chi connectivity index (χ0n) is 12.7. The molecule has 2 aliphatic heterocycles. The molecule has 11 nitrogen and oxygen atoms in total. The smallest absolute Gasteiger partial charge is 0.184 e. The van der Waals surface area contributed by atoms with E-state index >= 15 is 0 Å². The molecule has 0 saturated carbocycles. The Balaban J connectivity index is 1.93. The first-order valence-corrected chi connectivity index (χ1v) is 7.48. The van der Waals surface area contributed by atoms with Gasteiger partial charge in [-0.25, -0.2) is 0 Å². The molecule has 8 N–H and O–H groups in total. The predicted octanol–water partition coefficient (Wildman–Crippen LogP) is -5.35. The van der Waals surface area contributed by atoms with Gasteiger partial charge < -0.3 is 55.1 Å². The maximum atomic E-state index is 9.86. The van der Waals surface area contributed by atoms with Gasteiger partial charge in [0.05, 0.1) is 26.4 Å². The Morgan fingerprint density at radius 3 is 1.96 bits per heavy atom. The number of aliphatic hydroxyl groups is 8. The number of aliphatic hydroxyl groups excluding tert-OH is 8. The lowest BCUT2D eigenvalue weighted by atomic mass is 9.95. The van der Waals surface area contributed by atoms with Crippen LogP contribution < -0.4 is 0 Å². The number of hydrogen-bond donors (Lipinski definition) is 8. The molecule has 2 saturated heterocycles. The predicted molar refractivity (Wildman–Crippen MR) is 73.5 cm³/mol. The second kappa shape index (κ2) is 7.85. The Labute approximate surface area is 137 Å². The van der Waals surface area contributed by atoms with Crippen molar-refractivity contribution >= 4 is 0 Å². The highest BCUT2D eigenvalue weighted by molar-refractivity contribution is 4.99. The maximum absolute atomic E-state index is 9.86. The molecule has 0 radical (unpaired) electrons. The fourth-order valence-electron chi connectivity index (χ4n) is 2.81. The minimum absolute atomic E-state index is 0.328. The van der Waals surface area contributed by atoms with Gasteiger partial charge in [-0.15, -0.1) is 0 Å². The molecule has 0 aliphatic carbocycles. The van der Waals surface area contributed by atoms with Gasteiger partial charge in [0.2, 0.25) is 0 Å². The van der Waals surface area contributed by atoms with E-state index in [1.807, 2.05) is 0 Å². The molecule has 24 heavy (non-hydrogen) atoms. The monoisotopic (exact) mass is 356 g/mol. The molecule has 2 fully saturated rings. The average molecular weight is 356 g/mol. The van der Waals surface area contributed by atoms with E-state index in [9.17, 15) is 35.7 Å². The van der Waals surface area contributed by atoms with Gasteiger partial charge in [0.15, 0.2) is 6.29 Å². The molecule has 3 unspecified atom stereocenters. The van der Waals surface area contributed by atoms with Crippen molar-refractivity contribution in [2.45, 2.75) is 54.6 Å². The minimum Gasteiger partial charge on any atom is -0.394 e. The summed E-state index contributed by atoms with van der Waals surface area (Å²) in [6.45, 7) is -2.11. The maximum Gasteiger partial charge on any atom is 0.184 e. The minimum atomic E-state index is -1.76. The average Bonchev–Trinajstić information content (AvgIpc) is 2.79. The summed E-state index contributed by atoms with van der Waals surface area (Å²) >= 11 is 0. The van der Waals surface area contributed by atoms with Crippen LogP contribution in [0.1, 0.15) is 0 Å². The van der Waals surface area contributed by atoms with Crippen molar-refractivity contribution in [2.75, 3.05) is 26.4 Å². The second-order valence-corrected chi connectivity index (χ2v) is 6.05. The third-order valence-corrected chi connectivity index (χ3v) is 4.40. The van der Waals surface area contributed by atoms with Crippen LogP contribution in [0, 0.1) is 0 Å². The molecule has 0 bridgehead atoms. The molecule has 0 aromatic rings. The largest absolute Gasteiger partial charge is 0.394 e. The van der Waals surface area contributed by atoms with E-state index in [0.717, 1.165) is 0 Å². The van der Waals surface area contributed by atoms with Crippen LogP contribution in [-0.2, 0) is 14.2 Å². The summed E-state index contributed by atoms with van der Waals surface area (Å²) in [6, 6.07) is 0. The fraction of sp³-hybridized carbons (Fsp3) is 1.00. The Bertz CT molecular complexity index is 407. The van der Waals surface area contributed by atoms with Crippen molar-refractivity contribution < 1.29 is 55.1 Å². The normalized spacial score (nSPS) is 49.5. The van der Waals surface area contributed by atoms with Crippen LogP contribution in [0.4, 0.5) is 0 Å². The lowest BCUT2D eigenvalue weighted by Crippen LogP contribution is -2.60. The van der Waals surface area contributed by atoms with Crippen LogP contribution in [0.3, 0.4) is 0 Å². The van der Waals surface area contributed by atoms with E-state index in [0.29, 0.717) is 0 Å². The number of hydrogen-bond acceptors (Lipinski definition) is 11. The summed E-state index contributed by atoms with van der Waals surface area (Å²) in [5.41, 5.74) is -1.76. The van der Waals surface area contributed by atoms with Gasteiger partial charge >= 0.3 is 0 Å². The Morgan fingerprint density at radius 2 is 1.46 bits per heavy atom. The van der Waals surface area contributed by atoms with E-state index in [-0.39, 0.29) is 6.61 Å². The Hall–Kier alpha value is -0.440. The van der Waals surface area contributed by atoms with Crippen molar-refractivity contribution in [1.29, 1.82) is 0 Å². The van der Waals surface area contributed by atoms with Gasteiger partial charge in [-0.2, -0.15) is 0 Å². The molecule has 2 aliphatic rings. The zero-order valence-corrected chi connectivity index (χ0v) is 12.7. The molecule has 0 aromatic heterocycles. The highest BCUT2D eigenvalue weighted by Crippen LogP contribution is 2.31. The van der Waals surface area contributed by atoms with E-state index in [4.69, 9.17) is 19.3 Å². The molecule has 0 amide bonds. The molecule has 11 heteroatoms. The van der Waals surface area contributed by atoms with Gasteiger partial charge in [-0.1, -0.05) is 0 Å². The molecule has 142 valence electrons. The summed E-state index contributed by atoms with van der Waals surface area (Å²) in [4.78, 5) is 0. The first-order valence-electron chi connectivity index (χ1n) is 7.48. The number of rotatable bonds is 6. The first-order chi connectivity index (χ1) is 11.3. The van der Waals surface area contributed by atoms with Crippen LogP contribution in [0.2, 0.25) is 0 Å². The van der Waals surface area contributed by atoms with Crippen molar-refractivity contribution in [1.82, 2.24) is 0 Å². The molecule has 9 atom stereocenters. The van der Waals surface area contributed by atoms with Crippen LogP contribution in [0.25, 0.3) is 0 Å². The topological polar surface area (TPSA) is 190 Å². The summed E-state index contributed by atoms with van der Waals surface area (Å²) in [7, 11) is 0. The van der Waals surface area contributed by atoms with Crippen molar-refractivity contribution in [2.24, 2.45) is 0 Å². The van der Waals surface area contributed by atoms with Gasteiger partial charge in [0.25, 0.3) is 0 Å². The lowest BCUT2D eigenvalue weighted by Gasteiger charge is -2.40. The van der Waals surface area contributed by atoms with Crippen LogP contribution in [-0.4, -0.2) is 122 Å². The second-order valence-electron chi connectivity index (χ2n) is 6.05. The number of ether oxygens (including phenoxy) is 3. The zero-order chi connectivity index (χ0) is 18.1. The fourth-order valence-corrected chi connectivity index (χ4v) is 2.81. The van der Waals surface area contributed by atoms with Crippen LogP contribution >= 0.6 is 0 Å². The van der Waals surface area contributed by atoms with E-state index in [1.54, 1.807) is 0 Å². The standard InChI is InChI=1S/C13H24O11/c14-1-5-7(16)9(18)8(17)6(23-5)2-22-4-13(3-15)11(20)10(19)12(21)24-13/h5-12,14-21H,1-4H2/t5?,6-,7-,8?,9-,10?,11-,12+,13+/m1/s1. The highest BCUT2D eigenvalue weighted by atomic mass is 16.7. The Morgan fingerprint density at radius 1 is 0.833 bits per heavy atom. The van der Waals surface area contributed by atoms with Crippen molar-refractivity contribution in [3.8, 4) is 0 Å². The van der Waals surface area contributed by atoms with Gasteiger partial charge in [-0.3, -0.25) is 0 Å². The van der Waals surface area contributed by atoms with Crippen LogP contribution in [0.5, 0.6) is 0 Å². The molecular formula is C13H24O11. The summed E-state index contributed by atoms with van der Waals surface area (Å²) < 4.78 is 15.4. The van der Waals surface area contributed by atoms with Crippen LogP contribution in [0.15, 0.2) is 0 Å². The summed E-state index contributed by atoms with van der Waals surface area (Å²) in [5, 5.41) is 76.5. The first kappa shape index (κ1) is 19.9. The third-order valence-electron chi connectivity index (χ3n) is 4.40. The van der Waals surface area contributed by atoms with Gasteiger partial charge in [-0.05, 0) is 0 Å².